The van der Waals surface area contributed by atoms with Gasteiger partial charge in [-0.3, -0.25) is 4.21 Å². The molecule has 200 valence electrons. The third-order valence-electron chi connectivity index (χ3n) is 6.72. The zero-order chi connectivity index (χ0) is 26.3. The van der Waals surface area contributed by atoms with Crippen LogP contribution in [0.15, 0.2) is 23.4 Å². The van der Waals surface area contributed by atoms with Crippen LogP contribution in [0.5, 0.6) is 0 Å². The number of hydrogen-bond donors (Lipinski definition) is 4. The molecule has 3 aromatic rings. The highest BCUT2D eigenvalue weighted by atomic mass is 32.2. The molecule has 0 spiro atoms. The van der Waals surface area contributed by atoms with Crippen LogP contribution >= 0.6 is 0 Å². The van der Waals surface area contributed by atoms with Crippen LogP contribution in [0.1, 0.15) is 43.7 Å². The van der Waals surface area contributed by atoms with Crippen molar-refractivity contribution < 1.29 is 33.0 Å². The molecule has 7 atom stereocenters. The van der Waals surface area contributed by atoms with Gasteiger partial charge in [0.25, 0.3) is 0 Å². The number of aliphatic hydroxyl groups excluding tert-OH is 3. The van der Waals surface area contributed by atoms with Crippen LogP contribution < -0.4 is 5.32 Å². The zero-order valence-corrected chi connectivity index (χ0v) is 20.8. The van der Waals surface area contributed by atoms with Crippen LogP contribution in [-0.2, 0) is 15.5 Å². The van der Waals surface area contributed by atoms with Crippen molar-refractivity contribution in [3.63, 3.8) is 0 Å². The van der Waals surface area contributed by atoms with Crippen LogP contribution in [0, 0.1) is 11.6 Å². The molecule has 1 aromatic carbocycles. The highest BCUT2D eigenvalue weighted by Crippen LogP contribution is 2.44. The topological polar surface area (TPSA) is 156 Å². The largest absolute Gasteiger partial charge is 0.394 e. The quantitative estimate of drug-likeness (QED) is 0.275. The monoisotopic (exact) mass is 538 g/mol. The molecule has 14 heteroatoms. The lowest BCUT2D eigenvalue weighted by molar-refractivity contribution is -0.0629. The molecule has 11 nitrogen and oxygen atoms in total. The number of rotatable bonds is 10. The van der Waals surface area contributed by atoms with Gasteiger partial charge in [-0.1, -0.05) is 18.2 Å². The Labute approximate surface area is 213 Å². The van der Waals surface area contributed by atoms with Gasteiger partial charge in [0.1, 0.15) is 12.2 Å². The third-order valence-corrected chi connectivity index (χ3v) is 8.09. The average Bonchev–Trinajstić information content (AvgIpc) is 3.42. The predicted molar refractivity (Wildman–Crippen MR) is 128 cm³/mol. The number of nitrogens with one attached hydrogen (secondary N) is 1. The lowest BCUT2D eigenvalue weighted by atomic mass is 10.1. The molecule has 2 saturated carbocycles. The molecule has 2 aliphatic rings. The van der Waals surface area contributed by atoms with E-state index < -0.39 is 46.8 Å². The summed E-state index contributed by atoms with van der Waals surface area (Å²) in [4.78, 5) is 8.91. The van der Waals surface area contributed by atoms with Crippen molar-refractivity contribution in [1.82, 2.24) is 25.0 Å². The molecule has 2 aliphatic carbocycles. The molecule has 0 saturated heterocycles. The maximum Gasteiger partial charge on any atom is 0.222 e. The van der Waals surface area contributed by atoms with E-state index in [-0.39, 0.29) is 47.9 Å². The van der Waals surface area contributed by atoms with E-state index in [0.717, 1.165) is 6.07 Å². The highest BCUT2D eigenvalue weighted by Gasteiger charge is 2.45. The Morgan fingerprint density at radius 1 is 1.19 bits per heavy atom. The van der Waals surface area contributed by atoms with Crippen molar-refractivity contribution in [2.24, 2.45) is 0 Å². The summed E-state index contributed by atoms with van der Waals surface area (Å²) in [6.07, 6.45) is -1.66. The van der Waals surface area contributed by atoms with E-state index in [4.69, 9.17) is 9.84 Å². The molecule has 5 rings (SSSR count). The Balaban J connectivity index is 1.46. The first-order valence-electron chi connectivity index (χ1n) is 12.1. The van der Waals surface area contributed by atoms with Crippen molar-refractivity contribution in [3.8, 4) is 0 Å². The molecule has 4 N–H and O–H groups in total. The van der Waals surface area contributed by atoms with Crippen LogP contribution in [0.25, 0.3) is 11.2 Å². The van der Waals surface area contributed by atoms with Crippen LogP contribution in [0.4, 0.5) is 14.6 Å². The van der Waals surface area contributed by atoms with E-state index >= 15 is 0 Å². The van der Waals surface area contributed by atoms with E-state index in [0.29, 0.717) is 30.0 Å². The van der Waals surface area contributed by atoms with E-state index in [2.05, 4.69) is 25.6 Å². The summed E-state index contributed by atoms with van der Waals surface area (Å²) in [7, 11) is -1.50. The second kappa shape index (κ2) is 10.6. The SMILES string of the molecule is CCCS(=O)c1nc(N[C@@H]2C[C@H]2c2ccc(F)c(F)c2)c2nnn([C@@H]3C[C@H](OCCO)[C@@H](O)[C@H]3O)c2n1. The minimum atomic E-state index is -1.50. The van der Waals surface area contributed by atoms with Crippen molar-refractivity contribution in [3.05, 3.63) is 35.4 Å². The molecule has 2 heterocycles. The van der Waals surface area contributed by atoms with Crippen LogP contribution in [-0.4, -0.2) is 87.8 Å². The minimum absolute atomic E-state index is 0.0101. The molecule has 2 aromatic heterocycles. The Morgan fingerprint density at radius 3 is 2.73 bits per heavy atom. The van der Waals surface area contributed by atoms with E-state index in [1.165, 1.54) is 10.7 Å². The first-order valence-corrected chi connectivity index (χ1v) is 13.5. The molecule has 1 unspecified atom stereocenters. The smallest absolute Gasteiger partial charge is 0.222 e. The number of anilines is 1. The highest BCUT2D eigenvalue weighted by molar-refractivity contribution is 7.84. The van der Waals surface area contributed by atoms with Crippen molar-refractivity contribution in [2.45, 2.75) is 67.7 Å². The normalized spacial score (nSPS) is 28.1. The maximum atomic E-state index is 13.7. The second-order valence-electron chi connectivity index (χ2n) is 9.29. The number of nitrogens with zero attached hydrogens (tertiary/aromatic N) is 5. The summed E-state index contributed by atoms with van der Waals surface area (Å²) in [5.41, 5.74) is 1.17. The van der Waals surface area contributed by atoms with Gasteiger partial charge in [-0.2, -0.15) is 4.98 Å². The van der Waals surface area contributed by atoms with Gasteiger partial charge < -0.3 is 25.4 Å². The lowest BCUT2D eigenvalue weighted by Gasteiger charge is -2.17. The van der Waals surface area contributed by atoms with E-state index in [1.807, 2.05) is 6.92 Å². The molecular weight excluding hydrogens is 510 g/mol. The summed E-state index contributed by atoms with van der Waals surface area (Å²) in [6.45, 7) is 1.68. The summed E-state index contributed by atoms with van der Waals surface area (Å²) in [6, 6.07) is 2.95. The number of hydrogen-bond acceptors (Lipinski definition) is 10. The Bertz CT molecular complexity index is 1310. The fourth-order valence-electron chi connectivity index (χ4n) is 4.73. The van der Waals surface area contributed by atoms with Gasteiger partial charge in [0, 0.05) is 24.1 Å². The van der Waals surface area contributed by atoms with Crippen LogP contribution in [0.2, 0.25) is 0 Å². The number of halogens is 2. The first-order chi connectivity index (χ1) is 17.8. The van der Waals surface area contributed by atoms with Crippen molar-refractivity contribution >= 4 is 27.8 Å². The summed E-state index contributed by atoms with van der Waals surface area (Å²) < 4.78 is 46.7. The molecule has 2 fully saturated rings. The number of fused-ring (bicyclic) bond motifs is 1. The Morgan fingerprint density at radius 2 is 2.00 bits per heavy atom. The van der Waals surface area contributed by atoms with Gasteiger partial charge in [-0.05, 0) is 30.5 Å². The van der Waals surface area contributed by atoms with Crippen LogP contribution in [0.3, 0.4) is 0 Å². The third kappa shape index (κ3) is 5.08. The van der Waals surface area contributed by atoms with Gasteiger partial charge in [-0.15, -0.1) is 5.10 Å². The number of benzene rings is 1. The molecule has 37 heavy (non-hydrogen) atoms. The maximum absolute atomic E-state index is 13.7. The summed E-state index contributed by atoms with van der Waals surface area (Å²) >= 11 is 0. The fraction of sp³-hybridized carbons (Fsp3) is 0.565. The molecule has 0 aliphatic heterocycles. The predicted octanol–water partition coefficient (Wildman–Crippen LogP) is 1.03. The Kier molecular flexibility index (Phi) is 7.45. The second-order valence-corrected chi connectivity index (χ2v) is 10.8. The fourth-order valence-corrected chi connectivity index (χ4v) is 5.67. The summed E-state index contributed by atoms with van der Waals surface area (Å²) in [5, 5.41) is 41.9. The first kappa shape index (κ1) is 26.0. The zero-order valence-electron chi connectivity index (χ0n) is 20.0. The Hall–Kier alpha value is -2.65. The van der Waals surface area contributed by atoms with Crippen molar-refractivity contribution in [2.75, 3.05) is 24.3 Å². The van der Waals surface area contributed by atoms with Gasteiger partial charge in [0.2, 0.25) is 5.16 Å². The van der Waals surface area contributed by atoms with Gasteiger partial charge >= 0.3 is 0 Å². The number of aliphatic hydroxyl groups is 3. The summed E-state index contributed by atoms with van der Waals surface area (Å²) in [5.74, 6) is -1.25. The van der Waals surface area contributed by atoms with E-state index in [9.17, 15) is 23.2 Å². The van der Waals surface area contributed by atoms with Gasteiger partial charge in [-0.25, -0.2) is 18.4 Å². The minimum Gasteiger partial charge on any atom is -0.394 e. The molecule has 0 radical (unpaired) electrons. The number of aromatic nitrogens is 5. The van der Waals surface area contributed by atoms with Crippen molar-refractivity contribution in [1.29, 1.82) is 0 Å². The van der Waals surface area contributed by atoms with Gasteiger partial charge in [0.15, 0.2) is 28.6 Å². The molecule has 0 amide bonds. The van der Waals surface area contributed by atoms with Gasteiger partial charge in [0.05, 0.1) is 36.2 Å². The number of ether oxygens (including phenoxy) is 1. The molecule has 0 bridgehead atoms. The van der Waals surface area contributed by atoms with E-state index in [1.54, 1.807) is 6.07 Å². The lowest BCUT2D eigenvalue weighted by Crippen LogP contribution is -2.33. The average molecular weight is 539 g/mol. The standard InChI is InChI=1S/C23H28F2N6O5S/c1-2-7-37(35)23-27-21(26-15-9-12(15)11-3-4-13(24)14(25)8-11)18-22(28-23)31(30-29-18)16-10-17(36-6-5-32)20(34)19(16)33/h3-4,8,12,15-17,19-20,32-34H,2,5-7,9-10H2,1H3,(H,26,27,28)/t12-,15+,16+,17-,19-,20+,37?/m0/s1. The molecular formula is C23H28F2N6O5S.